The second-order valence-electron chi connectivity index (χ2n) is 3.22. The zero-order chi connectivity index (χ0) is 10.1. The molecule has 0 saturated carbocycles. The van der Waals surface area contributed by atoms with Crippen LogP contribution in [0, 0.1) is 11.3 Å². The third-order valence-corrected chi connectivity index (χ3v) is 2.49. The fourth-order valence-corrected chi connectivity index (χ4v) is 2.06. The summed E-state index contributed by atoms with van der Waals surface area (Å²) >= 11 is 9.06. The van der Waals surface area contributed by atoms with E-state index in [2.05, 4.69) is 27.0 Å². The van der Waals surface area contributed by atoms with Crippen LogP contribution in [0.3, 0.4) is 0 Å². The van der Waals surface area contributed by atoms with Crippen LogP contribution in [0.5, 0.6) is 0 Å². The topological polar surface area (TPSA) is 36.7 Å². The monoisotopic (exact) mass is 258 g/mol. The first-order valence-corrected chi connectivity index (χ1v) is 4.87. The minimum Gasteiger partial charge on any atom is -0.257 e. The molecule has 0 atom stereocenters. The number of nitrogens with zero attached hydrogens (tertiary/aromatic N) is 2. The van der Waals surface area contributed by atoms with Gasteiger partial charge in [0, 0.05) is 10.7 Å². The summed E-state index contributed by atoms with van der Waals surface area (Å²) in [5.41, 5.74) is 0.114. The van der Waals surface area contributed by atoms with E-state index >= 15 is 0 Å². The van der Waals surface area contributed by atoms with Gasteiger partial charge in [0.15, 0.2) is 0 Å². The number of halogens is 2. The summed E-state index contributed by atoms with van der Waals surface area (Å²) in [4.78, 5) is 4.12. The van der Waals surface area contributed by atoms with Gasteiger partial charge in [-0.05, 0) is 35.8 Å². The average molecular weight is 260 g/mol. The highest BCUT2D eigenvalue weighted by Crippen LogP contribution is 2.29. The van der Waals surface area contributed by atoms with E-state index in [1.165, 1.54) is 0 Å². The van der Waals surface area contributed by atoms with Gasteiger partial charge in [0.2, 0.25) is 0 Å². The maximum absolute atomic E-state index is 8.90. The molecule has 2 nitrogen and oxygen atoms in total. The van der Waals surface area contributed by atoms with Crippen molar-refractivity contribution in [1.29, 1.82) is 5.26 Å². The fourth-order valence-electron chi connectivity index (χ4n) is 0.927. The van der Waals surface area contributed by atoms with Gasteiger partial charge in [-0.2, -0.15) is 5.26 Å². The molecule has 0 fully saturated rings. The molecule has 0 radical (unpaired) electrons. The summed E-state index contributed by atoms with van der Waals surface area (Å²) in [7, 11) is 0. The standard InChI is InChI=1S/C9H8BrClN2/c1-9(2,5-12)8-7(10)3-6(11)4-13-8/h3-4H,1-2H3. The highest BCUT2D eigenvalue weighted by atomic mass is 79.9. The van der Waals surface area contributed by atoms with Crippen LogP contribution in [0.1, 0.15) is 19.5 Å². The molecular weight excluding hydrogens is 251 g/mol. The lowest BCUT2D eigenvalue weighted by atomic mass is 9.91. The second kappa shape index (κ2) is 3.65. The predicted octanol–water partition coefficient (Wildman–Crippen LogP) is 3.30. The number of hydrogen-bond donors (Lipinski definition) is 0. The molecule has 1 aromatic rings. The first kappa shape index (κ1) is 10.5. The van der Waals surface area contributed by atoms with E-state index in [0.717, 1.165) is 4.47 Å². The van der Waals surface area contributed by atoms with Gasteiger partial charge in [-0.1, -0.05) is 11.6 Å². The van der Waals surface area contributed by atoms with Crippen LogP contribution in [0.15, 0.2) is 16.7 Å². The average Bonchev–Trinajstić information content (AvgIpc) is 2.03. The maximum atomic E-state index is 8.90. The number of rotatable bonds is 1. The van der Waals surface area contributed by atoms with Gasteiger partial charge in [0.25, 0.3) is 0 Å². The molecule has 0 aliphatic heterocycles. The minimum absolute atomic E-state index is 0.560. The number of nitriles is 1. The molecule has 0 unspecified atom stereocenters. The van der Waals surface area contributed by atoms with E-state index < -0.39 is 5.41 Å². The Morgan fingerprint density at radius 1 is 1.62 bits per heavy atom. The molecule has 0 aliphatic carbocycles. The Kier molecular flexibility index (Phi) is 2.94. The number of hydrogen-bond acceptors (Lipinski definition) is 2. The van der Waals surface area contributed by atoms with Crippen molar-refractivity contribution in [1.82, 2.24) is 4.98 Å². The van der Waals surface area contributed by atoms with Crippen molar-refractivity contribution in [3.63, 3.8) is 0 Å². The molecule has 0 aromatic carbocycles. The third kappa shape index (κ3) is 2.20. The van der Waals surface area contributed by atoms with Gasteiger partial charge in [-0.15, -0.1) is 0 Å². The molecule has 1 heterocycles. The number of aromatic nitrogens is 1. The zero-order valence-electron chi connectivity index (χ0n) is 7.31. The molecule has 1 aromatic heterocycles. The smallest absolute Gasteiger partial charge is 0.0948 e. The minimum atomic E-state index is -0.594. The van der Waals surface area contributed by atoms with Crippen molar-refractivity contribution in [2.75, 3.05) is 0 Å². The highest BCUT2D eigenvalue weighted by Gasteiger charge is 2.24. The normalized spacial score (nSPS) is 11.0. The van der Waals surface area contributed by atoms with Crippen molar-refractivity contribution in [2.24, 2.45) is 0 Å². The molecule has 0 spiro atoms. The number of pyridine rings is 1. The molecule has 0 aliphatic rings. The maximum Gasteiger partial charge on any atom is 0.0948 e. The molecule has 0 amide bonds. The summed E-state index contributed by atoms with van der Waals surface area (Å²) in [6, 6.07) is 3.92. The largest absolute Gasteiger partial charge is 0.257 e. The van der Waals surface area contributed by atoms with Crippen LogP contribution in [0.4, 0.5) is 0 Å². The fraction of sp³-hybridized carbons (Fsp3) is 0.333. The molecule has 4 heteroatoms. The van der Waals surface area contributed by atoms with Crippen molar-refractivity contribution >= 4 is 27.5 Å². The molecule has 0 saturated heterocycles. The zero-order valence-corrected chi connectivity index (χ0v) is 9.65. The lowest BCUT2D eigenvalue weighted by Crippen LogP contribution is -2.16. The van der Waals surface area contributed by atoms with Crippen molar-refractivity contribution in [2.45, 2.75) is 19.3 Å². The van der Waals surface area contributed by atoms with Crippen LogP contribution in [0.2, 0.25) is 5.02 Å². The first-order valence-electron chi connectivity index (χ1n) is 3.70. The Hall–Kier alpha value is -0.590. The van der Waals surface area contributed by atoms with Crippen molar-refractivity contribution in [3.8, 4) is 6.07 Å². The Morgan fingerprint density at radius 2 is 2.23 bits per heavy atom. The predicted molar refractivity (Wildman–Crippen MR) is 55.6 cm³/mol. The van der Waals surface area contributed by atoms with E-state index in [1.807, 2.05) is 13.8 Å². The van der Waals surface area contributed by atoms with Gasteiger partial charge in [-0.25, -0.2) is 0 Å². The van der Waals surface area contributed by atoms with Crippen LogP contribution in [-0.4, -0.2) is 4.98 Å². The Labute approximate surface area is 90.7 Å². The lowest BCUT2D eigenvalue weighted by Gasteiger charge is -2.15. The van der Waals surface area contributed by atoms with Gasteiger partial charge in [0.1, 0.15) is 0 Å². The van der Waals surface area contributed by atoms with Crippen molar-refractivity contribution < 1.29 is 0 Å². The second-order valence-corrected chi connectivity index (χ2v) is 4.51. The van der Waals surface area contributed by atoms with Crippen LogP contribution in [0.25, 0.3) is 0 Å². The Morgan fingerprint density at radius 3 is 2.69 bits per heavy atom. The lowest BCUT2D eigenvalue weighted by molar-refractivity contribution is 0.655. The summed E-state index contributed by atoms with van der Waals surface area (Å²) in [5, 5.41) is 9.46. The molecular formula is C9H8BrClN2. The Bertz CT molecular complexity index is 368. The Balaban J connectivity index is 3.26. The molecule has 13 heavy (non-hydrogen) atoms. The van der Waals surface area contributed by atoms with E-state index in [4.69, 9.17) is 16.9 Å². The van der Waals surface area contributed by atoms with Gasteiger partial charge in [-0.3, -0.25) is 4.98 Å². The molecule has 0 bridgehead atoms. The molecule has 68 valence electrons. The van der Waals surface area contributed by atoms with Gasteiger partial charge >= 0.3 is 0 Å². The van der Waals surface area contributed by atoms with Crippen molar-refractivity contribution in [3.05, 3.63) is 27.5 Å². The van der Waals surface area contributed by atoms with Gasteiger partial charge in [0.05, 0.1) is 22.2 Å². The third-order valence-electron chi connectivity index (χ3n) is 1.68. The van der Waals surface area contributed by atoms with E-state index in [9.17, 15) is 0 Å². The molecule has 0 N–H and O–H groups in total. The van der Waals surface area contributed by atoms with E-state index in [-0.39, 0.29) is 0 Å². The van der Waals surface area contributed by atoms with Gasteiger partial charge < -0.3 is 0 Å². The van der Waals surface area contributed by atoms with E-state index in [0.29, 0.717) is 10.7 Å². The summed E-state index contributed by atoms with van der Waals surface area (Å²) in [6.45, 7) is 3.63. The summed E-state index contributed by atoms with van der Waals surface area (Å²) in [5.74, 6) is 0. The quantitative estimate of drug-likeness (QED) is 0.776. The SMILES string of the molecule is CC(C)(C#N)c1ncc(Cl)cc1Br. The first-order chi connectivity index (χ1) is 5.97. The molecule has 1 rings (SSSR count). The van der Waals surface area contributed by atoms with Crippen LogP contribution >= 0.6 is 27.5 Å². The van der Waals surface area contributed by atoms with E-state index in [1.54, 1.807) is 12.3 Å². The van der Waals surface area contributed by atoms with Crippen LogP contribution < -0.4 is 0 Å². The van der Waals surface area contributed by atoms with Crippen LogP contribution in [-0.2, 0) is 5.41 Å². The summed E-state index contributed by atoms with van der Waals surface area (Å²) in [6.07, 6.45) is 1.54. The highest BCUT2D eigenvalue weighted by molar-refractivity contribution is 9.10. The summed E-state index contributed by atoms with van der Waals surface area (Å²) < 4.78 is 0.770.